The molecule has 0 heterocycles. The molecule has 0 aliphatic carbocycles. The van der Waals surface area contributed by atoms with Gasteiger partial charge >= 0.3 is 0 Å². The molecule has 0 unspecified atom stereocenters. The van der Waals surface area contributed by atoms with Gasteiger partial charge in [0.15, 0.2) is 11.6 Å². The molecule has 0 fully saturated rings. The van der Waals surface area contributed by atoms with Crippen molar-refractivity contribution in [3.8, 4) is 11.5 Å². The third-order valence-corrected chi connectivity index (χ3v) is 2.98. The van der Waals surface area contributed by atoms with Crippen LogP contribution in [0.5, 0.6) is 11.5 Å². The van der Waals surface area contributed by atoms with E-state index in [-0.39, 0.29) is 21.6 Å². The second-order valence-corrected chi connectivity index (χ2v) is 4.52. The van der Waals surface area contributed by atoms with Crippen molar-refractivity contribution in [2.75, 3.05) is 0 Å². The van der Waals surface area contributed by atoms with Crippen LogP contribution in [-0.4, -0.2) is 5.84 Å². The lowest BCUT2D eigenvalue weighted by Gasteiger charge is -2.09. The van der Waals surface area contributed by atoms with Crippen molar-refractivity contribution in [3.05, 3.63) is 57.8 Å². The summed E-state index contributed by atoms with van der Waals surface area (Å²) >= 11 is 11.6. The normalized spacial score (nSPS) is 10.3. The molecule has 0 amide bonds. The van der Waals surface area contributed by atoms with Crippen LogP contribution in [0.25, 0.3) is 0 Å². The molecular formula is C13H9Cl2FN2O. The molecule has 0 aromatic heterocycles. The lowest BCUT2D eigenvalue weighted by Crippen LogP contribution is -2.11. The number of rotatable bonds is 3. The van der Waals surface area contributed by atoms with Crippen LogP contribution in [0, 0.1) is 11.2 Å². The molecule has 0 spiro atoms. The predicted molar refractivity (Wildman–Crippen MR) is 74.0 cm³/mol. The molecule has 3 nitrogen and oxygen atoms in total. The minimum Gasteiger partial charge on any atom is -0.454 e. The van der Waals surface area contributed by atoms with Gasteiger partial charge in [-0.25, -0.2) is 4.39 Å². The summed E-state index contributed by atoms with van der Waals surface area (Å²) in [6.45, 7) is 0. The molecule has 0 saturated heterocycles. The van der Waals surface area contributed by atoms with E-state index in [1.807, 2.05) is 0 Å². The number of amidine groups is 1. The van der Waals surface area contributed by atoms with Gasteiger partial charge in [0.05, 0.1) is 10.0 Å². The zero-order chi connectivity index (χ0) is 14.0. The first kappa shape index (κ1) is 13.6. The SMILES string of the molecule is N=C(N)c1ccc(Oc2cccc(Cl)c2F)cc1Cl. The highest BCUT2D eigenvalue weighted by atomic mass is 35.5. The summed E-state index contributed by atoms with van der Waals surface area (Å²) < 4.78 is 19.0. The van der Waals surface area contributed by atoms with Gasteiger partial charge in [0, 0.05) is 11.6 Å². The van der Waals surface area contributed by atoms with Gasteiger partial charge in [0.25, 0.3) is 0 Å². The third kappa shape index (κ3) is 2.97. The Bertz CT molecular complexity index is 647. The molecule has 0 bridgehead atoms. The van der Waals surface area contributed by atoms with Crippen LogP contribution in [0.3, 0.4) is 0 Å². The smallest absolute Gasteiger partial charge is 0.184 e. The van der Waals surface area contributed by atoms with E-state index in [0.29, 0.717) is 11.3 Å². The summed E-state index contributed by atoms with van der Waals surface area (Å²) in [7, 11) is 0. The summed E-state index contributed by atoms with van der Waals surface area (Å²) in [6, 6.07) is 8.99. The fourth-order valence-corrected chi connectivity index (χ4v) is 1.91. The molecule has 2 aromatic rings. The number of ether oxygens (including phenoxy) is 1. The number of benzene rings is 2. The van der Waals surface area contributed by atoms with Crippen LogP contribution >= 0.6 is 23.2 Å². The molecule has 0 saturated carbocycles. The lowest BCUT2D eigenvalue weighted by atomic mass is 10.2. The van der Waals surface area contributed by atoms with Crippen LogP contribution in [0.2, 0.25) is 10.0 Å². The van der Waals surface area contributed by atoms with Gasteiger partial charge in [-0.05, 0) is 24.3 Å². The number of hydrogen-bond donors (Lipinski definition) is 2. The first-order chi connectivity index (χ1) is 8.99. The monoisotopic (exact) mass is 298 g/mol. The molecule has 0 atom stereocenters. The molecule has 19 heavy (non-hydrogen) atoms. The summed E-state index contributed by atoms with van der Waals surface area (Å²) in [4.78, 5) is 0. The van der Waals surface area contributed by atoms with Crippen LogP contribution in [0.1, 0.15) is 5.56 Å². The number of nitrogens with one attached hydrogen (secondary N) is 1. The molecule has 2 rings (SSSR count). The van der Waals surface area contributed by atoms with Crippen molar-refractivity contribution >= 4 is 29.0 Å². The van der Waals surface area contributed by atoms with Crippen LogP contribution < -0.4 is 10.5 Å². The number of nitrogens with two attached hydrogens (primary N) is 1. The predicted octanol–water partition coefficient (Wildman–Crippen LogP) is 4.21. The summed E-state index contributed by atoms with van der Waals surface area (Å²) in [5.74, 6) is -0.461. The van der Waals surface area contributed by atoms with Crippen molar-refractivity contribution in [1.82, 2.24) is 0 Å². The van der Waals surface area contributed by atoms with Crippen LogP contribution in [0.4, 0.5) is 4.39 Å². The van der Waals surface area contributed by atoms with E-state index < -0.39 is 5.82 Å². The van der Waals surface area contributed by atoms with E-state index in [0.717, 1.165) is 0 Å². The molecule has 2 aromatic carbocycles. The Morgan fingerprint density at radius 1 is 1.16 bits per heavy atom. The quantitative estimate of drug-likeness (QED) is 0.659. The summed E-state index contributed by atoms with van der Waals surface area (Å²) in [5.41, 5.74) is 5.73. The average Bonchev–Trinajstić information content (AvgIpc) is 2.34. The minimum absolute atomic E-state index is 0.000795. The minimum atomic E-state index is -0.643. The molecule has 6 heteroatoms. The summed E-state index contributed by atoms with van der Waals surface area (Å²) in [5, 5.41) is 7.54. The maximum atomic E-state index is 13.7. The Morgan fingerprint density at radius 2 is 1.89 bits per heavy atom. The first-order valence-corrected chi connectivity index (χ1v) is 6.00. The fourth-order valence-electron chi connectivity index (χ4n) is 1.47. The van der Waals surface area contributed by atoms with Crippen molar-refractivity contribution in [2.45, 2.75) is 0 Å². The highest BCUT2D eigenvalue weighted by Crippen LogP contribution is 2.30. The molecule has 0 aliphatic heterocycles. The Morgan fingerprint density at radius 3 is 2.53 bits per heavy atom. The van der Waals surface area contributed by atoms with E-state index in [4.69, 9.17) is 39.1 Å². The van der Waals surface area contributed by atoms with E-state index in [1.54, 1.807) is 12.1 Å². The van der Waals surface area contributed by atoms with E-state index in [2.05, 4.69) is 0 Å². The zero-order valence-electron chi connectivity index (χ0n) is 9.58. The second-order valence-electron chi connectivity index (χ2n) is 3.71. The maximum Gasteiger partial charge on any atom is 0.184 e. The Balaban J connectivity index is 2.32. The van der Waals surface area contributed by atoms with Gasteiger partial charge in [0.2, 0.25) is 0 Å². The molecule has 0 radical (unpaired) electrons. The van der Waals surface area contributed by atoms with Crippen molar-refractivity contribution in [1.29, 1.82) is 5.41 Å². The number of halogens is 3. The van der Waals surface area contributed by atoms with E-state index >= 15 is 0 Å². The topological polar surface area (TPSA) is 59.1 Å². The van der Waals surface area contributed by atoms with E-state index in [1.165, 1.54) is 24.3 Å². The van der Waals surface area contributed by atoms with Crippen LogP contribution in [0.15, 0.2) is 36.4 Å². The highest BCUT2D eigenvalue weighted by molar-refractivity contribution is 6.34. The third-order valence-electron chi connectivity index (χ3n) is 2.37. The molecule has 98 valence electrons. The Hall–Kier alpha value is -1.78. The van der Waals surface area contributed by atoms with E-state index in [9.17, 15) is 4.39 Å². The number of hydrogen-bond acceptors (Lipinski definition) is 2. The Kier molecular flexibility index (Phi) is 3.93. The zero-order valence-corrected chi connectivity index (χ0v) is 11.1. The van der Waals surface area contributed by atoms with Gasteiger partial charge in [-0.2, -0.15) is 0 Å². The molecular weight excluding hydrogens is 290 g/mol. The van der Waals surface area contributed by atoms with Gasteiger partial charge in [0.1, 0.15) is 11.6 Å². The maximum absolute atomic E-state index is 13.7. The second kappa shape index (κ2) is 5.47. The highest BCUT2D eigenvalue weighted by Gasteiger charge is 2.10. The van der Waals surface area contributed by atoms with Crippen molar-refractivity contribution < 1.29 is 9.13 Å². The average molecular weight is 299 g/mol. The number of nitrogen functional groups attached to an aromatic ring is 1. The molecule has 3 N–H and O–H groups in total. The van der Waals surface area contributed by atoms with Gasteiger partial charge in [-0.15, -0.1) is 0 Å². The van der Waals surface area contributed by atoms with Gasteiger partial charge in [-0.1, -0.05) is 29.3 Å². The van der Waals surface area contributed by atoms with Gasteiger partial charge in [-0.3, -0.25) is 5.41 Å². The lowest BCUT2D eigenvalue weighted by molar-refractivity contribution is 0.442. The fraction of sp³-hybridized carbons (Fsp3) is 0. The first-order valence-electron chi connectivity index (χ1n) is 5.25. The standard InChI is InChI=1S/C13H9Cl2FN2O/c14-9-2-1-3-11(12(9)16)19-7-4-5-8(13(17)18)10(15)6-7/h1-6H,(H3,17,18). The Labute approximate surface area is 119 Å². The van der Waals surface area contributed by atoms with Crippen molar-refractivity contribution in [2.24, 2.45) is 5.73 Å². The summed E-state index contributed by atoms with van der Waals surface area (Å²) in [6.07, 6.45) is 0. The van der Waals surface area contributed by atoms with Gasteiger partial charge < -0.3 is 10.5 Å². The van der Waals surface area contributed by atoms with Crippen LogP contribution in [-0.2, 0) is 0 Å². The van der Waals surface area contributed by atoms with Crippen molar-refractivity contribution in [3.63, 3.8) is 0 Å². The molecule has 0 aliphatic rings. The largest absolute Gasteiger partial charge is 0.454 e.